The Balaban J connectivity index is 2.19. The van der Waals surface area contributed by atoms with E-state index in [-0.39, 0.29) is 28.9 Å². The molecule has 11 heteroatoms. The van der Waals surface area contributed by atoms with Gasteiger partial charge in [0.15, 0.2) is 11.5 Å². The zero-order valence-electron chi connectivity index (χ0n) is 27.8. The van der Waals surface area contributed by atoms with E-state index < -0.39 is 30.0 Å². The number of benzene rings is 1. The van der Waals surface area contributed by atoms with E-state index in [1.54, 1.807) is 26.4 Å². The van der Waals surface area contributed by atoms with Crippen LogP contribution < -0.4 is 35.6 Å². The third-order valence-corrected chi connectivity index (χ3v) is 8.24. The van der Waals surface area contributed by atoms with Crippen molar-refractivity contribution in [1.29, 1.82) is 0 Å². The van der Waals surface area contributed by atoms with E-state index in [4.69, 9.17) is 18.9 Å². The van der Waals surface area contributed by atoms with Crippen molar-refractivity contribution in [2.24, 2.45) is 11.8 Å². The Hall–Kier alpha value is -4.28. The normalized spacial score (nSPS) is 15.7. The Bertz CT molecular complexity index is 1460. The van der Waals surface area contributed by atoms with Gasteiger partial charge >= 0.3 is 5.97 Å². The number of methoxy groups -OCH3 is 4. The largest absolute Gasteiger partial charge is 0.493 e. The Morgan fingerprint density at radius 1 is 0.978 bits per heavy atom. The number of carbonyl (C=O) groups is 3. The number of nitrogens with one attached hydrogen (secondary N) is 3. The molecule has 2 aromatic carbocycles. The lowest BCUT2D eigenvalue weighted by Gasteiger charge is -2.26. The first-order valence-corrected chi connectivity index (χ1v) is 15.3. The molecule has 4 atom stereocenters. The van der Waals surface area contributed by atoms with Crippen molar-refractivity contribution in [3.05, 3.63) is 45.6 Å². The molecule has 0 saturated carbocycles. The molecule has 3 N–H and O–H groups in total. The molecule has 3 rings (SSSR count). The first kappa shape index (κ1) is 35.2. The molecule has 2 aromatic rings. The van der Waals surface area contributed by atoms with Crippen molar-refractivity contribution in [3.8, 4) is 28.4 Å². The van der Waals surface area contributed by atoms with Crippen LogP contribution in [0.5, 0.6) is 17.2 Å². The van der Waals surface area contributed by atoms with E-state index >= 15 is 0 Å². The van der Waals surface area contributed by atoms with Crippen molar-refractivity contribution in [1.82, 2.24) is 10.6 Å². The average Bonchev–Trinajstić information content (AvgIpc) is 3.25. The number of ether oxygens (including phenoxy) is 4. The Morgan fingerprint density at radius 2 is 1.67 bits per heavy atom. The number of aryl methyl sites for hydroxylation is 1. The Labute approximate surface area is 265 Å². The molecule has 11 nitrogen and oxygen atoms in total. The van der Waals surface area contributed by atoms with E-state index in [2.05, 4.69) is 16.0 Å². The van der Waals surface area contributed by atoms with Gasteiger partial charge in [-0.25, -0.2) is 4.79 Å². The summed E-state index contributed by atoms with van der Waals surface area (Å²) in [6, 6.07) is 4.73. The average molecular weight is 626 g/mol. The molecule has 0 spiro atoms. The third kappa shape index (κ3) is 8.06. The number of hydrogen-bond donors (Lipinski definition) is 3. The van der Waals surface area contributed by atoms with Crippen LogP contribution in [-0.4, -0.2) is 58.3 Å². The molecule has 0 saturated heterocycles. The standard InChI is InChI=1S/C34H47N3O8/c1-10-19(4)30(34(41)45-9)37-33(40)26(15-18(2)3)36-25-14-12-22-23(17-27(25)39)24(35-20(5)38)13-11-21-16-28(42-6)31(43-7)32(44-8)29(21)22/h12,14,16-19,24,26,30H,10-11,13,15H2,1-9H3,(H,35,38)(H,36,39)(H,37,40)/t19-,24+,26+,30+/m1/s1. The molecule has 0 fully saturated rings. The van der Waals surface area contributed by atoms with E-state index in [0.29, 0.717) is 54.1 Å². The van der Waals surface area contributed by atoms with Gasteiger partial charge in [-0.2, -0.15) is 0 Å². The number of carbonyl (C=O) groups excluding carboxylic acids is 3. The number of fused-ring (bicyclic) bond motifs is 3. The van der Waals surface area contributed by atoms with Crippen LogP contribution in [0.4, 0.5) is 5.69 Å². The monoisotopic (exact) mass is 625 g/mol. The fraction of sp³-hybridized carbons (Fsp3) is 0.529. The van der Waals surface area contributed by atoms with Gasteiger partial charge in [-0.1, -0.05) is 40.2 Å². The van der Waals surface area contributed by atoms with Gasteiger partial charge in [-0.3, -0.25) is 14.4 Å². The summed E-state index contributed by atoms with van der Waals surface area (Å²) in [5, 5.41) is 9.01. The summed E-state index contributed by atoms with van der Waals surface area (Å²) < 4.78 is 22.1. The SMILES string of the molecule is CC[C@@H](C)[C@H](NC(=O)[C@H](CC(C)C)Nc1ccc2c(cc1=O)[C@@H](NC(C)=O)CCc1cc(OC)c(OC)c(OC)c1-2)C(=O)OC. The summed E-state index contributed by atoms with van der Waals surface area (Å²) in [7, 11) is 5.91. The molecule has 0 heterocycles. The summed E-state index contributed by atoms with van der Waals surface area (Å²) in [6.07, 6.45) is 2.15. The van der Waals surface area contributed by atoms with Crippen LogP contribution >= 0.6 is 0 Å². The molecular formula is C34H47N3O8. The minimum Gasteiger partial charge on any atom is -0.493 e. The van der Waals surface area contributed by atoms with Gasteiger partial charge in [0, 0.05) is 12.5 Å². The van der Waals surface area contributed by atoms with Crippen molar-refractivity contribution < 1.29 is 33.3 Å². The quantitative estimate of drug-likeness (QED) is 0.276. The van der Waals surface area contributed by atoms with Crippen molar-refractivity contribution in [3.63, 3.8) is 0 Å². The van der Waals surface area contributed by atoms with Crippen molar-refractivity contribution >= 4 is 23.5 Å². The second-order valence-electron chi connectivity index (χ2n) is 11.8. The van der Waals surface area contributed by atoms with Crippen LogP contribution in [0.2, 0.25) is 0 Å². The highest BCUT2D eigenvalue weighted by Gasteiger charge is 2.32. The molecule has 1 aliphatic rings. The van der Waals surface area contributed by atoms with Crippen LogP contribution in [0.15, 0.2) is 29.1 Å². The molecule has 0 aromatic heterocycles. The third-order valence-electron chi connectivity index (χ3n) is 8.24. The fourth-order valence-corrected chi connectivity index (χ4v) is 5.77. The van der Waals surface area contributed by atoms with Gasteiger partial charge in [-0.15, -0.1) is 0 Å². The molecule has 1 aliphatic carbocycles. The first-order valence-electron chi connectivity index (χ1n) is 15.3. The van der Waals surface area contributed by atoms with E-state index in [1.165, 1.54) is 27.2 Å². The first-order chi connectivity index (χ1) is 21.4. The summed E-state index contributed by atoms with van der Waals surface area (Å²) >= 11 is 0. The lowest BCUT2D eigenvalue weighted by atomic mass is 9.95. The summed E-state index contributed by atoms with van der Waals surface area (Å²) in [4.78, 5) is 52.2. The lowest BCUT2D eigenvalue weighted by Crippen LogP contribution is -2.51. The summed E-state index contributed by atoms with van der Waals surface area (Å²) in [5.41, 5.74) is 2.76. The van der Waals surface area contributed by atoms with Crippen molar-refractivity contribution in [2.75, 3.05) is 33.8 Å². The predicted octanol–water partition coefficient (Wildman–Crippen LogP) is 4.39. The molecule has 2 amide bonds. The second kappa shape index (κ2) is 15.6. The smallest absolute Gasteiger partial charge is 0.328 e. The molecule has 45 heavy (non-hydrogen) atoms. The maximum absolute atomic E-state index is 13.8. The second-order valence-corrected chi connectivity index (χ2v) is 11.8. The van der Waals surface area contributed by atoms with Gasteiger partial charge in [0.1, 0.15) is 12.1 Å². The molecule has 0 radical (unpaired) electrons. The molecular weight excluding hydrogens is 578 g/mol. The highest BCUT2D eigenvalue weighted by atomic mass is 16.5. The van der Waals surface area contributed by atoms with Gasteiger partial charge < -0.3 is 34.9 Å². The van der Waals surface area contributed by atoms with E-state index in [0.717, 1.165) is 11.1 Å². The minimum atomic E-state index is -0.826. The van der Waals surface area contributed by atoms with E-state index in [1.807, 2.05) is 33.8 Å². The number of amides is 2. The molecule has 0 bridgehead atoms. The predicted molar refractivity (Wildman–Crippen MR) is 173 cm³/mol. The van der Waals surface area contributed by atoms with Crippen LogP contribution in [0, 0.1) is 11.8 Å². The Kier molecular flexibility index (Phi) is 12.2. The molecule has 0 aliphatic heterocycles. The van der Waals surface area contributed by atoms with Crippen LogP contribution in [0.3, 0.4) is 0 Å². The van der Waals surface area contributed by atoms with Crippen molar-refractivity contribution in [2.45, 2.75) is 78.4 Å². The van der Waals surface area contributed by atoms with Gasteiger partial charge in [0.05, 0.1) is 40.2 Å². The summed E-state index contributed by atoms with van der Waals surface area (Å²) in [5.74, 6) is 0.135. The Morgan fingerprint density at radius 3 is 2.22 bits per heavy atom. The fourth-order valence-electron chi connectivity index (χ4n) is 5.77. The minimum absolute atomic E-state index is 0.0976. The molecule has 246 valence electrons. The van der Waals surface area contributed by atoms with E-state index in [9.17, 15) is 19.2 Å². The number of rotatable bonds is 13. The highest BCUT2D eigenvalue weighted by molar-refractivity contribution is 5.90. The zero-order valence-corrected chi connectivity index (χ0v) is 27.8. The topological polar surface area (TPSA) is 141 Å². The number of hydrogen-bond acceptors (Lipinski definition) is 9. The zero-order chi connectivity index (χ0) is 33.4. The maximum atomic E-state index is 13.8. The molecule has 0 unspecified atom stereocenters. The van der Waals surface area contributed by atoms with Crippen LogP contribution in [0.1, 0.15) is 71.0 Å². The van der Waals surface area contributed by atoms with Gasteiger partial charge in [-0.05, 0) is 66.0 Å². The highest BCUT2D eigenvalue weighted by Crippen LogP contribution is 2.50. The van der Waals surface area contributed by atoms with Crippen LogP contribution in [0.25, 0.3) is 11.1 Å². The van der Waals surface area contributed by atoms with Crippen LogP contribution in [-0.2, 0) is 25.5 Å². The van der Waals surface area contributed by atoms with Gasteiger partial charge in [0.2, 0.25) is 23.0 Å². The van der Waals surface area contributed by atoms with Gasteiger partial charge in [0.25, 0.3) is 0 Å². The summed E-state index contributed by atoms with van der Waals surface area (Å²) in [6.45, 7) is 9.19. The maximum Gasteiger partial charge on any atom is 0.328 e. The lowest BCUT2D eigenvalue weighted by molar-refractivity contribution is -0.146. The number of esters is 1. The number of anilines is 1.